The van der Waals surface area contributed by atoms with Crippen molar-refractivity contribution < 1.29 is 0 Å². The van der Waals surface area contributed by atoms with E-state index in [1.54, 1.807) is 0 Å². The van der Waals surface area contributed by atoms with E-state index in [-0.39, 0.29) is 0 Å². The molecule has 3 atom stereocenters. The van der Waals surface area contributed by atoms with Crippen LogP contribution in [0, 0.1) is 18.8 Å². The summed E-state index contributed by atoms with van der Waals surface area (Å²) < 4.78 is 0. The molecular weight excluding hydrogens is 198 g/mol. The SMILES string of the molecule is Cc1ccc(N)c(NC2CCC(C)C2C)n1. The quantitative estimate of drug-likeness (QED) is 0.804. The van der Waals surface area contributed by atoms with Gasteiger partial charge < -0.3 is 11.1 Å². The molecule has 0 spiro atoms. The van der Waals surface area contributed by atoms with Gasteiger partial charge in [-0.1, -0.05) is 13.8 Å². The molecule has 0 aromatic carbocycles. The smallest absolute Gasteiger partial charge is 0.149 e. The Morgan fingerprint density at radius 1 is 1.31 bits per heavy atom. The molecule has 1 saturated carbocycles. The van der Waals surface area contributed by atoms with Crippen LogP contribution < -0.4 is 11.1 Å². The highest BCUT2D eigenvalue weighted by Crippen LogP contribution is 2.33. The van der Waals surface area contributed by atoms with Crippen molar-refractivity contribution in [2.24, 2.45) is 11.8 Å². The average molecular weight is 219 g/mol. The summed E-state index contributed by atoms with van der Waals surface area (Å²) >= 11 is 0. The van der Waals surface area contributed by atoms with Crippen LogP contribution in [-0.2, 0) is 0 Å². The van der Waals surface area contributed by atoms with Gasteiger partial charge in [-0.25, -0.2) is 4.98 Å². The van der Waals surface area contributed by atoms with Gasteiger partial charge in [0.15, 0.2) is 0 Å². The van der Waals surface area contributed by atoms with Gasteiger partial charge in [-0.15, -0.1) is 0 Å². The summed E-state index contributed by atoms with van der Waals surface area (Å²) in [6.45, 7) is 6.62. The summed E-state index contributed by atoms with van der Waals surface area (Å²) in [6, 6.07) is 4.39. The van der Waals surface area contributed by atoms with E-state index >= 15 is 0 Å². The van der Waals surface area contributed by atoms with Crippen molar-refractivity contribution in [2.45, 2.75) is 39.7 Å². The second-order valence-corrected chi connectivity index (χ2v) is 5.06. The van der Waals surface area contributed by atoms with Crippen LogP contribution in [0.2, 0.25) is 0 Å². The first-order valence-electron chi connectivity index (χ1n) is 6.07. The molecular formula is C13H21N3. The number of aromatic nitrogens is 1. The van der Waals surface area contributed by atoms with Crippen molar-refractivity contribution in [3.63, 3.8) is 0 Å². The monoisotopic (exact) mass is 219 g/mol. The third-order valence-corrected chi connectivity index (χ3v) is 3.85. The number of nitrogens with two attached hydrogens (primary N) is 1. The Labute approximate surface area is 97.5 Å². The molecule has 1 fully saturated rings. The summed E-state index contributed by atoms with van der Waals surface area (Å²) in [5.74, 6) is 2.34. The summed E-state index contributed by atoms with van der Waals surface area (Å²) in [5, 5.41) is 3.49. The van der Waals surface area contributed by atoms with Crippen LogP contribution in [0.25, 0.3) is 0 Å². The second kappa shape index (κ2) is 4.32. The van der Waals surface area contributed by atoms with E-state index in [1.807, 2.05) is 19.1 Å². The Balaban J connectivity index is 2.12. The first-order valence-corrected chi connectivity index (χ1v) is 6.07. The van der Waals surface area contributed by atoms with Crippen molar-refractivity contribution in [2.75, 3.05) is 11.1 Å². The lowest BCUT2D eigenvalue weighted by molar-refractivity contribution is 0.435. The Hall–Kier alpha value is -1.25. The number of hydrogen-bond acceptors (Lipinski definition) is 3. The summed E-state index contributed by atoms with van der Waals surface area (Å²) in [5.41, 5.74) is 7.68. The number of anilines is 2. The van der Waals surface area contributed by atoms with Gasteiger partial charge in [0.2, 0.25) is 0 Å². The highest BCUT2D eigenvalue weighted by molar-refractivity contribution is 5.61. The Morgan fingerprint density at radius 3 is 2.69 bits per heavy atom. The second-order valence-electron chi connectivity index (χ2n) is 5.06. The largest absolute Gasteiger partial charge is 0.396 e. The zero-order valence-corrected chi connectivity index (χ0v) is 10.3. The average Bonchev–Trinajstić information content (AvgIpc) is 2.55. The lowest BCUT2D eigenvalue weighted by Gasteiger charge is -2.21. The van der Waals surface area contributed by atoms with Gasteiger partial charge in [0.25, 0.3) is 0 Å². The molecule has 1 aliphatic rings. The zero-order valence-electron chi connectivity index (χ0n) is 10.3. The predicted octanol–water partition coefficient (Wildman–Crippen LogP) is 2.82. The van der Waals surface area contributed by atoms with Gasteiger partial charge in [-0.05, 0) is 43.7 Å². The Morgan fingerprint density at radius 2 is 2.06 bits per heavy atom. The van der Waals surface area contributed by atoms with E-state index in [4.69, 9.17) is 5.73 Å². The number of pyridine rings is 1. The normalized spacial score (nSPS) is 29.3. The summed E-state index contributed by atoms with van der Waals surface area (Å²) in [6.07, 6.45) is 2.52. The molecule has 16 heavy (non-hydrogen) atoms. The standard InChI is InChI=1S/C13H21N3/c1-8-4-7-12(10(8)3)16-13-11(14)6-5-9(2)15-13/h5-6,8,10,12H,4,7,14H2,1-3H3,(H,15,16). The van der Waals surface area contributed by atoms with E-state index in [1.165, 1.54) is 12.8 Å². The molecule has 3 unspecified atom stereocenters. The van der Waals surface area contributed by atoms with Gasteiger partial charge in [0.1, 0.15) is 5.82 Å². The van der Waals surface area contributed by atoms with Crippen LogP contribution in [0.15, 0.2) is 12.1 Å². The van der Waals surface area contributed by atoms with Crippen molar-refractivity contribution in [1.82, 2.24) is 4.98 Å². The fraction of sp³-hybridized carbons (Fsp3) is 0.615. The maximum absolute atomic E-state index is 5.92. The molecule has 3 N–H and O–H groups in total. The van der Waals surface area contributed by atoms with E-state index in [0.717, 1.165) is 23.1 Å². The fourth-order valence-electron chi connectivity index (χ4n) is 2.43. The first kappa shape index (κ1) is 11.2. The molecule has 88 valence electrons. The van der Waals surface area contributed by atoms with E-state index < -0.39 is 0 Å². The molecule has 2 rings (SSSR count). The molecule has 0 amide bonds. The highest BCUT2D eigenvalue weighted by Gasteiger charge is 2.30. The number of rotatable bonds is 2. The van der Waals surface area contributed by atoms with Crippen molar-refractivity contribution in [1.29, 1.82) is 0 Å². The molecule has 1 aromatic rings. The number of nitrogens with zero attached hydrogens (tertiary/aromatic N) is 1. The van der Waals surface area contributed by atoms with E-state index in [2.05, 4.69) is 24.1 Å². The van der Waals surface area contributed by atoms with Gasteiger partial charge in [-0.3, -0.25) is 0 Å². The van der Waals surface area contributed by atoms with Crippen molar-refractivity contribution in [3.8, 4) is 0 Å². The maximum Gasteiger partial charge on any atom is 0.149 e. The minimum absolute atomic E-state index is 0.520. The zero-order chi connectivity index (χ0) is 11.7. The van der Waals surface area contributed by atoms with Crippen LogP contribution >= 0.6 is 0 Å². The third-order valence-electron chi connectivity index (χ3n) is 3.85. The maximum atomic E-state index is 5.92. The van der Waals surface area contributed by atoms with Crippen LogP contribution in [0.4, 0.5) is 11.5 Å². The molecule has 0 bridgehead atoms. The Bertz CT molecular complexity index is 375. The lowest BCUT2D eigenvalue weighted by atomic mass is 9.98. The molecule has 0 saturated heterocycles. The minimum Gasteiger partial charge on any atom is -0.396 e. The van der Waals surface area contributed by atoms with E-state index in [9.17, 15) is 0 Å². The first-order chi connectivity index (χ1) is 7.58. The molecule has 3 nitrogen and oxygen atoms in total. The van der Waals surface area contributed by atoms with Gasteiger partial charge in [0.05, 0.1) is 5.69 Å². The predicted molar refractivity (Wildman–Crippen MR) is 68.4 cm³/mol. The molecule has 0 aliphatic heterocycles. The molecule has 3 heteroatoms. The number of nitrogens with one attached hydrogen (secondary N) is 1. The van der Waals surface area contributed by atoms with Crippen molar-refractivity contribution >= 4 is 11.5 Å². The third kappa shape index (κ3) is 2.13. The molecule has 1 heterocycles. The van der Waals surface area contributed by atoms with Gasteiger partial charge in [0, 0.05) is 11.7 Å². The molecule has 0 radical (unpaired) electrons. The Kier molecular flexibility index (Phi) is 3.03. The van der Waals surface area contributed by atoms with Crippen molar-refractivity contribution in [3.05, 3.63) is 17.8 Å². The lowest BCUT2D eigenvalue weighted by Crippen LogP contribution is -2.25. The van der Waals surface area contributed by atoms with E-state index in [0.29, 0.717) is 12.0 Å². The molecule has 1 aliphatic carbocycles. The van der Waals surface area contributed by atoms with Gasteiger partial charge >= 0.3 is 0 Å². The molecule has 1 aromatic heterocycles. The summed E-state index contributed by atoms with van der Waals surface area (Å²) in [4.78, 5) is 4.46. The minimum atomic E-state index is 0.520. The number of aryl methyl sites for hydroxylation is 1. The topological polar surface area (TPSA) is 50.9 Å². The number of hydrogen-bond donors (Lipinski definition) is 2. The highest BCUT2D eigenvalue weighted by atomic mass is 15.0. The van der Waals surface area contributed by atoms with Crippen LogP contribution in [0.5, 0.6) is 0 Å². The van der Waals surface area contributed by atoms with Crippen LogP contribution in [-0.4, -0.2) is 11.0 Å². The van der Waals surface area contributed by atoms with Gasteiger partial charge in [-0.2, -0.15) is 0 Å². The fourth-order valence-corrected chi connectivity index (χ4v) is 2.43. The van der Waals surface area contributed by atoms with Crippen LogP contribution in [0.3, 0.4) is 0 Å². The van der Waals surface area contributed by atoms with Crippen LogP contribution in [0.1, 0.15) is 32.4 Å². The number of nitrogen functional groups attached to an aromatic ring is 1. The summed E-state index contributed by atoms with van der Waals surface area (Å²) in [7, 11) is 0.